The van der Waals surface area contributed by atoms with E-state index >= 15 is 0 Å². The molecule has 1 N–H and O–H groups in total. The van der Waals surface area contributed by atoms with Gasteiger partial charge >= 0.3 is 0 Å². The summed E-state index contributed by atoms with van der Waals surface area (Å²) in [5.74, 6) is -0.301. The van der Waals surface area contributed by atoms with E-state index in [1.165, 1.54) is 0 Å². The molecule has 0 saturated carbocycles. The molecule has 2 atom stereocenters. The molecule has 0 radical (unpaired) electrons. The second kappa shape index (κ2) is 6.06. The molecule has 1 heterocycles. The van der Waals surface area contributed by atoms with Crippen LogP contribution in [0, 0.1) is 5.92 Å². The zero-order valence-corrected chi connectivity index (χ0v) is 10.3. The van der Waals surface area contributed by atoms with Crippen LogP contribution < -0.4 is 5.32 Å². The standard InChI is InChI=1S/C10H17ClN2O3/c1-7(5-11)10(15)13-3-4-16-6-8(13)9(14)12-2/h7-8H,3-6H2,1-2H3,(H,12,14). The number of alkyl halides is 1. The largest absolute Gasteiger partial charge is 0.377 e. The molecule has 1 fully saturated rings. The van der Waals surface area contributed by atoms with E-state index in [0.717, 1.165) is 0 Å². The quantitative estimate of drug-likeness (QED) is 0.706. The smallest absolute Gasteiger partial charge is 0.244 e. The van der Waals surface area contributed by atoms with Gasteiger partial charge < -0.3 is 15.0 Å². The van der Waals surface area contributed by atoms with E-state index in [2.05, 4.69) is 5.32 Å². The Hall–Kier alpha value is -0.810. The van der Waals surface area contributed by atoms with Crippen LogP contribution >= 0.6 is 11.6 Å². The molecule has 0 aromatic rings. The third-order valence-electron chi connectivity index (χ3n) is 2.61. The third-order valence-corrected chi connectivity index (χ3v) is 3.08. The van der Waals surface area contributed by atoms with Gasteiger partial charge in [0.1, 0.15) is 6.04 Å². The summed E-state index contributed by atoms with van der Waals surface area (Å²) in [6.45, 7) is 2.92. The number of carbonyl (C=O) groups excluding carboxylic acids is 2. The lowest BCUT2D eigenvalue weighted by atomic mass is 10.1. The van der Waals surface area contributed by atoms with Gasteiger partial charge in [-0.15, -0.1) is 11.6 Å². The molecule has 0 bridgehead atoms. The minimum atomic E-state index is -0.531. The number of ether oxygens (including phenoxy) is 1. The molecule has 92 valence electrons. The fourth-order valence-corrected chi connectivity index (χ4v) is 1.73. The van der Waals surface area contributed by atoms with Crippen molar-refractivity contribution in [2.75, 3.05) is 32.7 Å². The number of hydrogen-bond donors (Lipinski definition) is 1. The molecule has 0 aromatic heterocycles. The van der Waals surface area contributed by atoms with Gasteiger partial charge in [0, 0.05) is 25.4 Å². The van der Waals surface area contributed by atoms with Crippen LogP contribution in [0.2, 0.25) is 0 Å². The van der Waals surface area contributed by atoms with Crippen LogP contribution in [-0.4, -0.2) is 55.4 Å². The normalized spacial score (nSPS) is 22.7. The Kier molecular flexibility index (Phi) is 5.02. The number of rotatable bonds is 3. The third kappa shape index (κ3) is 2.86. The summed E-state index contributed by atoms with van der Waals surface area (Å²) in [6.07, 6.45) is 0. The maximum absolute atomic E-state index is 12.0. The van der Waals surface area contributed by atoms with Crippen molar-refractivity contribution in [2.24, 2.45) is 5.92 Å². The Morgan fingerprint density at radius 1 is 1.62 bits per heavy atom. The summed E-state index contributed by atoms with van der Waals surface area (Å²) < 4.78 is 5.21. The van der Waals surface area contributed by atoms with Crippen LogP contribution in [0.1, 0.15) is 6.92 Å². The molecule has 0 aliphatic carbocycles. The summed E-state index contributed by atoms with van der Waals surface area (Å²) in [4.78, 5) is 25.1. The number of carbonyl (C=O) groups is 2. The predicted molar refractivity (Wildman–Crippen MR) is 60.3 cm³/mol. The molecule has 0 spiro atoms. The first-order chi connectivity index (χ1) is 7.61. The molecule has 1 rings (SSSR count). The van der Waals surface area contributed by atoms with Gasteiger partial charge in [-0.1, -0.05) is 6.92 Å². The van der Waals surface area contributed by atoms with Crippen molar-refractivity contribution in [3.63, 3.8) is 0 Å². The van der Waals surface area contributed by atoms with Crippen LogP contribution in [0.15, 0.2) is 0 Å². The highest BCUT2D eigenvalue weighted by Gasteiger charge is 2.33. The van der Waals surface area contributed by atoms with Crippen molar-refractivity contribution in [3.8, 4) is 0 Å². The summed E-state index contributed by atoms with van der Waals surface area (Å²) in [5.41, 5.74) is 0. The number of morpholine rings is 1. The van der Waals surface area contributed by atoms with E-state index in [0.29, 0.717) is 13.2 Å². The van der Waals surface area contributed by atoms with Crippen molar-refractivity contribution in [2.45, 2.75) is 13.0 Å². The fourth-order valence-electron chi connectivity index (χ4n) is 1.60. The Labute approximate surface area is 100 Å². The molecule has 1 aliphatic heterocycles. The number of halogens is 1. The molecule has 2 unspecified atom stereocenters. The Morgan fingerprint density at radius 2 is 2.31 bits per heavy atom. The molecule has 16 heavy (non-hydrogen) atoms. The van der Waals surface area contributed by atoms with Crippen molar-refractivity contribution in [1.29, 1.82) is 0 Å². The lowest BCUT2D eigenvalue weighted by Gasteiger charge is -2.35. The number of likely N-dealkylation sites (N-methyl/N-ethyl adjacent to an activating group) is 1. The van der Waals surface area contributed by atoms with Gasteiger partial charge in [-0.2, -0.15) is 0 Å². The first kappa shape index (κ1) is 13.3. The van der Waals surface area contributed by atoms with Crippen molar-refractivity contribution in [3.05, 3.63) is 0 Å². The number of nitrogens with one attached hydrogen (secondary N) is 1. The Balaban J connectivity index is 2.73. The zero-order chi connectivity index (χ0) is 12.1. The summed E-state index contributed by atoms with van der Waals surface area (Å²) >= 11 is 5.65. The zero-order valence-electron chi connectivity index (χ0n) is 9.53. The number of nitrogens with zero attached hydrogens (tertiary/aromatic N) is 1. The van der Waals surface area contributed by atoms with E-state index in [9.17, 15) is 9.59 Å². The second-order valence-corrected chi connectivity index (χ2v) is 4.10. The van der Waals surface area contributed by atoms with Crippen molar-refractivity contribution < 1.29 is 14.3 Å². The van der Waals surface area contributed by atoms with Gasteiger partial charge in [-0.3, -0.25) is 9.59 Å². The van der Waals surface area contributed by atoms with Crippen LogP contribution in [0.4, 0.5) is 0 Å². The highest BCUT2D eigenvalue weighted by molar-refractivity contribution is 6.19. The topological polar surface area (TPSA) is 58.6 Å². The summed E-state index contributed by atoms with van der Waals surface area (Å²) in [5, 5.41) is 2.53. The first-order valence-electron chi connectivity index (χ1n) is 5.27. The summed E-state index contributed by atoms with van der Waals surface area (Å²) in [6, 6.07) is -0.531. The monoisotopic (exact) mass is 248 g/mol. The summed E-state index contributed by atoms with van der Waals surface area (Å²) in [7, 11) is 1.55. The predicted octanol–water partition coefficient (Wildman–Crippen LogP) is -0.165. The van der Waals surface area contributed by atoms with E-state index in [1.54, 1.807) is 18.9 Å². The molecule has 1 aliphatic rings. The van der Waals surface area contributed by atoms with Crippen LogP contribution in [0.5, 0.6) is 0 Å². The fraction of sp³-hybridized carbons (Fsp3) is 0.800. The minimum absolute atomic E-state index is 0.0908. The molecule has 0 aromatic carbocycles. The maximum atomic E-state index is 12.0. The Morgan fingerprint density at radius 3 is 2.88 bits per heavy atom. The van der Waals surface area contributed by atoms with Gasteiger partial charge in [0.25, 0.3) is 0 Å². The Bertz CT molecular complexity index is 273. The van der Waals surface area contributed by atoms with Crippen LogP contribution in [0.25, 0.3) is 0 Å². The van der Waals surface area contributed by atoms with Gasteiger partial charge in [0.2, 0.25) is 11.8 Å². The molecule has 2 amide bonds. The SMILES string of the molecule is CNC(=O)C1COCCN1C(=O)C(C)CCl. The van der Waals surface area contributed by atoms with E-state index in [4.69, 9.17) is 16.3 Å². The molecule has 5 nitrogen and oxygen atoms in total. The average Bonchev–Trinajstić information content (AvgIpc) is 2.35. The number of hydrogen-bond acceptors (Lipinski definition) is 3. The van der Waals surface area contributed by atoms with Crippen molar-refractivity contribution >= 4 is 23.4 Å². The highest BCUT2D eigenvalue weighted by Crippen LogP contribution is 2.12. The lowest BCUT2D eigenvalue weighted by Crippen LogP contribution is -2.56. The van der Waals surface area contributed by atoms with Crippen molar-refractivity contribution in [1.82, 2.24) is 10.2 Å². The van der Waals surface area contributed by atoms with Crippen LogP contribution in [-0.2, 0) is 14.3 Å². The van der Waals surface area contributed by atoms with E-state index in [-0.39, 0.29) is 30.2 Å². The number of amides is 2. The van der Waals surface area contributed by atoms with E-state index < -0.39 is 6.04 Å². The van der Waals surface area contributed by atoms with Gasteiger partial charge in [-0.25, -0.2) is 0 Å². The molecule has 6 heteroatoms. The van der Waals surface area contributed by atoms with Crippen LogP contribution in [0.3, 0.4) is 0 Å². The van der Waals surface area contributed by atoms with Gasteiger partial charge in [-0.05, 0) is 0 Å². The maximum Gasteiger partial charge on any atom is 0.244 e. The van der Waals surface area contributed by atoms with E-state index in [1.807, 2.05) is 0 Å². The minimum Gasteiger partial charge on any atom is -0.377 e. The molecule has 1 saturated heterocycles. The van der Waals surface area contributed by atoms with Gasteiger partial charge in [0.05, 0.1) is 13.2 Å². The van der Waals surface area contributed by atoms with Gasteiger partial charge in [0.15, 0.2) is 0 Å². The first-order valence-corrected chi connectivity index (χ1v) is 5.81. The second-order valence-electron chi connectivity index (χ2n) is 3.79. The molecular weight excluding hydrogens is 232 g/mol. The molecular formula is C10H17ClN2O3. The lowest BCUT2D eigenvalue weighted by molar-refractivity contribution is -0.150. The highest BCUT2D eigenvalue weighted by atomic mass is 35.5. The average molecular weight is 249 g/mol.